The molecule has 4 bridgehead atoms. The van der Waals surface area contributed by atoms with Gasteiger partial charge in [-0.1, -0.05) is 22.9 Å². The first-order chi connectivity index (χ1) is 12.6. The highest BCUT2D eigenvalue weighted by Crippen LogP contribution is 2.47. The summed E-state index contributed by atoms with van der Waals surface area (Å²) in [6, 6.07) is 5.00. The first-order valence-electron chi connectivity index (χ1n) is 9.26. The molecule has 6 rings (SSSR count). The molecule has 0 spiro atoms. The van der Waals surface area contributed by atoms with Crippen molar-refractivity contribution in [3.8, 4) is 5.69 Å². The van der Waals surface area contributed by atoms with Gasteiger partial charge >= 0.3 is 0 Å². The third kappa shape index (κ3) is 2.62. The number of amides is 1. The summed E-state index contributed by atoms with van der Waals surface area (Å²) >= 11 is 5.84. The van der Waals surface area contributed by atoms with Gasteiger partial charge in [0.05, 0.1) is 11.2 Å². The number of nitrogens with zero attached hydrogens (tertiary/aromatic N) is 4. The van der Waals surface area contributed by atoms with Gasteiger partial charge in [-0.2, -0.15) is 0 Å². The second-order valence-corrected chi connectivity index (χ2v) is 8.42. The predicted molar refractivity (Wildman–Crippen MR) is 94.7 cm³/mol. The van der Waals surface area contributed by atoms with Crippen LogP contribution in [0.3, 0.4) is 0 Å². The average Bonchev–Trinajstić information content (AvgIpc) is 3.02. The first kappa shape index (κ1) is 16.2. The molecule has 1 aromatic carbocycles. The monoisotopic (exact) mass is 374 g/mol. The minimum absolute atomic E-state index is 0.0198. The molecule has 2 unspecified atom stereocenters. The molecule has 2 saturated carbocycles. The Balaban J connectivity index is 1.43. The number of halogens is 2. The van der Waals surface area contributed by atoms with Crippen LogP contribution in [0.2, 0.25) is 5.02 Å². The number of aromatic nitrogens is 3. The topological polar surface area (TPSA) is 51.0 Å². The number of carbonyl (C=O) groups excluding carboxylic acids is 1. The van der Waals surface area contributed by atoms with Crippen LogP contribution in [-0.4, -0.2) is 38.4 Å². The molecule has 0 N–H and O–H groups in total. The molecule has 26 heavy (non-hydrogen) atoms. The van der Waals surface area contributed by atoms with Crippen molar-refractivity contribution in [1.29, 1.82) is 0 Å². The van der Waals surface area contributed by atoms with Gasteiger partial charge in [0.15, 0.2) is 11.5 Å². The van der Waals surface area contributed by atoms with Gasteiger partial charge in [0.2, 0.25) is 0 Å². The highest BCUT2D eigenvalue weighted by Gasteiger charge is 2.44. The van der Waals surface area contributed by atoms with Crippen LogP contribution in [0.25, 0.3) is 5.69 Å². The number of fused-ring (bicyclic) bond motifs is 1. The molecule has 4 aliphatic rings. The number of hydrogen-bond donors (Lipinski definition) is 0. The summed E-state index contributed by atoms with van der Waals surface area (Å²) in [6.07, 6.45) is 7.55. The molecule has 2 aromatic rings. The van der Waals surface area contributed by atoms with E-state index in [0.29, 0.717) is 12.0 Å². The normalized spacial score (nSPS) is 29.8. The van der Waals surface area contributed by atoms with E-state index in [1.165, 1.54) is 36.2 Å². The maximum Gasteiger partial charge on any atom is 0.276 e. The van der Waals surface area contributed by atoms with Crippen molar-refractivity contribution in [2.24, 2.45) is 17.8 Å². The Kier molecular flexibility index (Phi) is 3.78. The average molecular weight is 375 g/mol. The Labute approximate surface area is 156 Å². The summed E-state index contributed by atoms with van der Waals surface area (Å²) in [5, 5.41) is 8.00. The summed E-state index contributed by atoms with van der Waals surface area (Å²) in [7, 11) is 0. The van der Waals surface area contributed by atoms with Crippen LogP contribution in [0.5, 0.6) is 0 Å². The molecule has 7 heteroatoms. The van der Waals surface area contributed by atoms with Crippen molar-refractivity contribution in [3.63, 3.8) is 0 Å². The molecule has 2 aliphatic heterocycles. The standard InChI is InChI=1S/C19H20ClFN4O/c20-15-2-1-3-17(18(15)21)25-10-16(22-23-25)19(26)24-9-13-5-11-4-12(6-13)8-14(24)7-11/h1-3,10-14H,4-9H2. The van der Waals surface area contributed by atoms with E-state index >= 15 is 0 Å². The van der Waals surface area contributed by atoms with Crippen LogP contribution in [0.15, 0.2) is 24.4 Å². The molecule has 136 valence electrons. The fourth-order valence-corrected chi connectivity index (χ4v) is 5.50. The zero-order valence-corrected chi connectivity index (χ0v) is 15.1. The van der Waals surface area contributed by atoms with Gasteiger partial charge in [0.25, 0.3) is 5.91 Å². The van der Waals surface area contributed by atoms with Gasteiger partial charge in [-0.15, -0.1) is 5.10 Å². The minimum Gasteiger partial charge on any atom is -0.334 e. The molecule has 2 atom stereocenters. The quantitative estimate of drug-likeness (QED) is 0.805. The lowest BCUT2D eigenvalue weighted by atomic mass is 9.68. The fourth-order valence-electron chi connectivity index (χ4n) is 5.33. The molecule has 5 nitrogen and oxygen atoms in total. The van der Waals surface area contributed by atoms with Gasteiger partial charge in [-0.3, -0.25) is 4.79 Å². The summed E-state index contributed by atoms with van der Waals surface area (Å²) in [6.45, 7) is 0.814. The number of rotatable bonds is 2. The van der Waals surface area contributed by atoms with Crippen molar-refractivity contribution < 1.29 is 9.18 Å². The largest absolute Gasteiger partial charge is 0.334 e. The molecular formula is C19H20ClFN4O. The van der Waals surface area contributed by atoms with E-state index in [9.17, 15) is 9.18 Å². The van der Waals surface area contributed by atoms with Crippen LogP contribution >= 0.6 is 11.6 Å². The van der Waals surface area contributed by atoms with Crippen molar-refractivity contribution in [2.75, 3.05) is 6.54 Å². The van der Waals surface area contributed by atoms with E-state index in [2.05, 4.69) is 10.3 Å². The molecule has 2 saturated heterocycles. The number of carbonyl (C=O) groups is 1. The lowest BCUT2D eigenvalue weighted by Gasteiger charge is -2.38. The fraction of sp³-hybridized carbons (Fsp3) is 0.526. The zero-order chi connectivity index (χ0) is 17.8. The highest BCUT2D eigenvalue weighted by molar-refractivity contribution is 6.30. The minimum atomic E-state index is -0.566. The summed E-state index contributed by atoms with van der Waals surface area (Å²) in [5.74, 6) is 1.49. The van der Waals surface area contributed by atoms with Crippen LogP contribution in [0, 0.1) is 23.6 Å². The molecular weight excluding hydrogens is 355 g/mol. The zero-order valence-electron chi connectivity index (χ0n) is 14.3. The maximum absolute atomic E-state index is 14.2. The van der Waals surface area contributed by atoms with E-state index in [0.717, 1.165) is 31.2 Å². The third-order valence-electron chi connectivity index (χ3n) is 6.26. The van der Waals surface area contributed by atoms with Crippen molar-refractivity contribution in [3.05, 3.63) is 40.9 Å². The van der Waals surface area contributed by atoms with E-state index in [1.807, 2.05) is 4.90 Å². The van der Waals surface area contributed by atoms with Crippen molar-refractivity contribution in [1.82, 2.24) is 19.9 Å². The third-order valence-corrected chi connectivity index (χ3v) is 6.55. The summed E-state index contributed by atoms with van der Waals surface area (Å²) in [5.41, 5.74) is 0.463. The van der Waals surface area contributed by atoms with Crippen LogP contribution in [-0.2, 0) is 0 Å². The summed E-state index contributed by atoms with van der Waals surface area (Å²) < 4.78 is 15.5. The molecule has 3 heterocycles. The van der Waals surface area contributed by atoms with Crippen molar-refractivity contribution >= 4 is 17.5 Å². The SMILES string of the molecule is O=C(c1cn(-c2cccc(Cl)c2F)nn1)N1CC2CC3CC(C2)CC1C3. The Hall–Kier alpha value is -1.95. The van der Waals surface area contributed by atoms with E-state index in [1.54, 1.807) is 12.1 Å². The van der Waals surface area contributed by atoms with Crippen LogP contribution in [0.1, 0.15) is 42.6 Å². The molecule has 4 fully saturated rings. The van der Waals surface area contributed by atoms with Gasteiger partial charge in [0.1, 0.15) is 5.69 Å². The van der Waals surface area contributed by atoms with Crippen LogP contribution < -0.4 is 0 Å². The molecule has 2 aliphatic carbocycles. The van der Waals surface area contributed by atoms with Gasteiger partial charge < -0.3 is 4.90 Å². The second-order valence-electron chi connectivity index (χ2n) is 8.01. The molecule has 1 amide bonds. The van der Waals surface area contributed by atoms with Crippen molar-refractivity contribution in [2.45, 2.75) is 38.1 Å². The Bertz CT molecular complexity index is 855. The lowest BCUT2D eigenvalue weighted by molar-refractivity contribution is 0.0626. The van der Waals surface area contributed by atoms with E-state index in [-0.39, 0.29) is 22.3 Å². The number of hydrogen-bond acceptors (Lipinski definition) is 3. The van der Waals surface area contributed by atoms with Gasteiger partial charge in [-0.25, -0.2) is 9.07 Å². The second kappa shape index (κ2) is 6.05. The molecule has 0 radical (unpaired) electrons. The highest BCUT2D eigenvalue weighted by atomic mass is 35.5. The maximum atomic E-state index is 14.2. The van der Waals surface area contributed by atoms with E-state index < -0.39 is 5.82 Å². The van der Waals surface area contributed by atoms with E-state index in [4.69, 9.17) is 11.6 Å². The predicted octanol–water partition coefficient (Wildman–Crippen LogP) is 3.71. The number of benzene rings is 1. The smallest absolute Gasteiger partial charge is 0.276 e. The molecule has 1 aromatic heterocycles. The lowest BCUT2D eigenvalue weighted by Crippen LogP contribution is -2.42. The summed E-state index contributed by atoms with van der Waals surface area (Å²) in [4.78, 5) is 15.1. The van der Waals surface area contributed by atoms with Gasteiger partial charge in [0, 0.05) is 12.6 Å². The van der Waals surface area contributed by atoms with Crippen LogP contribution in [0.4, 0.5) is 4.39 Å². The van der Waals surface area contributed by atoms with Gasteiger partial charge in [-0.05, 0) is 62.0 Å². The Morgan fingerprint density at radius 3 is 2.62 bits per heavy atom. The Morgan fingerprint density at radius 2 is 1.85 bits per heavy atom. The first-order valence-corrected chi connectivity index (χ1v) is 9.64. The Morgan fingerprint density at radius 1 is 1.12 bits per heavy atom.